The summed E-state index contributed by atoms with van der Waals surface area (Å²) in [6.07, 6.45) is 2.75. The number of imide groups is 1. The summed E-state index contributed by atoms with van der Waals surface area (Å²) in [7, 11) is -3.57. The molecule has 1 saturated heterocycles. The Morgan fingerprint density at radius 2 is 1.83 bits per heavy atom. The predicted molar refractivity (Wildman–Crippen MR) is 125 cm³/mol. The van der Waals surface area contributed by atoms with Gasteiger partial charge in [-0.1, -0.05) is 24.2 Å². The van der Waals surface area contributed by atoms with Crippen LogP contribution < -0.4 is 5.32 Å². The van der Waals surface area contributed by atoms with Crippen molar-refractivity contribution in [3.63, 3.8) is 0 Å². The van der Waals surface area contributed by atoms with E-state index < -0.39 is 10.0 Å². The molecule has 0 spiro atoms. The third-order valence-corrected chi connectivity index (χ3v) is 8.90. The minimum atomic E-state index is -3.57. The number of carbonyl (C=O) groups is 3. The molecule has 2 aromatic rings. The SMILES string of the molecule is C[C@H]1CN(S(=O)(=O)CCCN2C(=O)c3ccccc3C2=O)CC[C@H]1NC(=O)c1cc(C2CC2)on1. The number of fused-ring (bicyclic) bond motifs is 1. The zero-order valence-corrected chi connectivity index (χ0v) is 20.3. The summed E-state index contributed by atoms with van der Waals surface area (Å²) in [5.41, 5.74) is 0.961. The molecule has 1 N–H and O–H groups in total. The molecule has 3 aliphatic rings. The minimum absolute atomic E-state index is 0.0498. The van der Waals surface area contributed by atoms with E-state index in [-0.39, 0.29) is 67.2 Å². The van der Waals surface area contributed by atoms with Crippen LogP contribution in [0.2, 0.25) is 0 Å². The van der Waals surface area contributed by atoms with Crippen molar-refractivity contribution in [2.45, 2.75) is 44.6 Å². The average molecular weight is 501 g/mol. The first-order valence-electron chi connectivity index (χ1n) is 11.9. The van der Waals surface area contributed by atoms with Gasteiger partial charge in [0.1, 0.15) is 5.76 Å². The van der Waals surface area contributed by atoms with E-state index in [1.54, 1.807) is 30.3 Å². The Balaban J connectivity index is 1.11. The molecule has 3 amide bonds. The average Bonchev–Trinajstić information content (AvgIpc) is 3.52. The third kappa shape index (κ3) is 4.74. The van der Waals surface area contributed by atoms with Crippen LogP contribution in [0.1, 0.15) is 75.5 Å². The third-order valence-electron chi connectivity index (χ3n) is 6.98. The van der Waals surface area contributed by atoms with Crippen LogP contribution in [0.15, 0.2) is 34.9 Å². The van der Waals surface area contributed by atoms with Crippen LogP contribution in [-0.4, -0.2) is 71.9 Å². The summed E-state index contributed by atoms with van der Waals surface area (Å²) >= 11 is 0. The smallest absolute Gasteiger partial charge is 0.273 e. The van der Waals surface area contributed by atoms with Crippen molar-refractivity contribution >= 4 is 27.7 Å². The molecule has 35 heavy (non-hydrogen) atoms. The lowest BCUT2D eigenvalue weighted by molar-refractivity contribution is 0.0653. The molecule has 186 valence electrons. The van der Waals surface area contributed by atoms with Crippen molar-refractivity contribution in [3.8, 4) is 0 Å². The van der Waals surface area contributed by atoms with Crippen molar-refractivity contribution in [1.82, 2.24) is 19.7 Å². The van der Waals surface area contributed by atoms with Crippen molar-refractivity contribution in [2.24, 2.45) is 5.92 Å². The zero-order chi connectivity index (χ0) is 24.7. The number of hydrogen-bond donors (Lipinski definition) is 1. The van der Waals surface area contributed by atoms with E-state index in [1.807, 2.05) is 6.92 Å². The van der Waals surface area contributed by atoms with Gasteiger partial charge in [0, 0.05) is 37.7 Å². The number of amides is 3. The number of benzene rings is 1. The molecule has 0 bridgehead atoms. The molecule has 2 aliphatic heterocycles. The van der Waals surface area contributed by atoms with Crippen LogP contribution in [-0.2, 0) is 10.0 Å². The standard InChI is InChI=1S/C24H28N4O6S/c1-15-14-27(11-9-19(15)25-22(29)20-13-21(34-26-20)16-7-8-16)35(32,33)12-4-10-28-23(30)17-5-2-3-6-18(17)24(28)31/h2-3,5-6,13,15-16,19H,4,7-12,14H2,1H3,(H,25,29)/t15-,19+/m0/s1. The van der Waals surface area contributed by atoms with Gasteiger partial charge in [0.25, 0.3) is 17.7 Å². The minimum Gasteiger partial charge on any atom is -0.360 e. The van der Waals surface area contributed by atoms with Gasteiger partial charge in [0.2, 0.25) is 10.0 Å². The van der Waals surface area contributed by atoms with Gasteiger partial charge in [-0.05, 0) is 43.7 Å². The first kappa shape index (κ1) is 23.7. The molecule has 1 aromatic carbocycles. The topological polar surface area (TPSA) is 130 Å². The molecular formula is C24H28N4O6S. The van der Waals surface area contributed by atoms with Gasteiger partial charge < -0.3 is 9.84 Å². The second-order valence-corrected chi connectivity index (χ2v) is 11.7. The Labute approximate surface area is 203 Å². The van der Waals surface area contributed by atoms with Crippen LogP contribution >= 0.6 is 0 Å². The predicted octanol–water partition coefficient (Wildman–Crippen LogP) is 2.01. The molecular weight excluding hydrogens is 472 g/mol. The van der Waals surface area contributed by atoms with Crippen LogP contribution in [0.25, 0.3) is 0 Å². The molecule has 1 saturated carbocycles. The van der Waals surface area contributed by atoms with Gasteiger partial charge in [0.05, 0.1) is 16.9 Å². The number of piperidine rings is 1. The molecule has 2 atom stereocenters. The first-order chi connectivity index (χ1) is 16.7. The Bertz CT molecular complexity index is 1230. The highest BCUT2D eigenvalue weighted by molar-refractivity contribution is 7.89. The lowest BCUT2D eigenvalue weighted by atomic mass is 9.95. The van der Waals surface area contributed by atoms with Crippen molar-refractivity contribution in [1.29, 1.82) is 0 Å². The fraction of sp³-hybridized carbons (Fsp3) is 0.500. The summed E-state index contributed by atoms with van der Waals surface area (Å²) in [4.78, 5) is 38.6. The summed E-state index contributed by atoms with van der Waals surface area (Å²) < 4.78 is 32.6. The second kappa shape index (κ2) is 9.19. The monoisotopic (exact) mass is 500 g/mol. The number of hydrogen-bond acceptors (Lipinski definition) is 7. The lowest BCUT2D eigenvalue weighted by Crippen LogP contribution is -2.52. The second-order valence-electron chi connectivity index (χ2n) is 9.57. The van der Waals surface area contributed by atoms with Gasteiger partial charge in [-0.15, -0.1) is 0 Å². The van der Waals surface area contributed by atoms with E-state index in [4.69, 9.17) is 4.52 Å². The highest BCUT2D eigenvalue weighted by Gasteiger charge is 2.37. The van der Waals surface area contributed by atoms with Gasteiger partial charge in [0.15, 0.2) is 5.69 Å². The number of aromatic nitrogens is 1. The summed E-state index contributed by atoms with van der Waals surface area (Å²) in [6.45, 7) is 2.53. The largest absolute Gasteiger partial charge is 0.360 e. The molecule has 3 heterocycles. The van der Waals surface area contributed by atoms with Gasteiger partial charge >= 0.3 is 0 Å². The molecule has 1 aromatic heterocycles. The Kier molecular flexibility index (Phi) is 6.22. The van der Waals surface area contributed by atoms with Crippen LogP contribution in [0.5, 0.6) is 0 Å². The maximum absolute atomic E-state index is 12.9. The number of sulfonamides is 1. The summed E-state index contributed by atoms with van der Waals surface area (Å²) in [5.74, 6) is -0.219. The van der Waals surface area contributed by atoms with Crippen LogP contribution in [0.4, 0.5) is 0 Å². The van der Waals surface area contributed by atoms with Gasteiger partial charge in [-0.3, -0.25) is 19.3 Å². The quantitative estimate of drug-likeness (QED) is 0.549. The zero-order valence-electron chi connectivity index (χ0n) is 19.5. The maximum Gasteiger partial charge on any atom is 0.273 e. The number of nitrogens with zero attached hydrogens (tertiary/aromatic N) is 3. The van der Waals surface area contributed by atoms with E-state index >= 15 is 0 Å². The molecule has 0 radical (unpaired) electrons. The molecule has 2 fully saturated rings. The number of carbonyl (C=O) groups excluding carboxylic acids is 3. The Morgan fingerprint density at radius 1 is 1.14 bits per heavy atom. The fourth-order valence-corrected chi connectivity index (χ4v) is 6.35. The van der Waals surface area contributed by atoms with Crippen LogP contribution in [0.3, 0.4) is 0 Å². The molecule has 10 nitrogen and oxygen atoms in total. The molecule has 11 heteroatoms. The molecule has 5 rings (SSSR count). The highest BCUT2D eigenvalue weighted by atomic mass is 32.2. The lowest BCUT2D eigenvalue weighted by Gasteiger charge is -2.36. The van der Waals surface area contributed by atoms with Gasteiger partial charge in [-0.25, -0.2) is 12.7 Å². The summed E-state index contributed by atoms with van der Waals surface area (Å²) in [6, 6.07) is 8.11. The fourth-order valence-electron chi connectivity index (χ4n) is 4.75. The first-order valence-corrected chi connectivity index (χ1v) is 13.6. The van der Waals surface area contributed by atoms with E-state index in [0.29, 0.717) is 23.5 Å². The van der Waals surface area contributed by atoms with E-state index in [2.05, 4.69) is 10.5 Å². The van der Waals surface area contributed by atoms with Gasteiger partial charge in [-0.2, -0.15) is 0 Å². The van der Waals surface area contributed by atoms with E-state index in [1.165, 1.54) is 4.31 Å². The van der Waals surface area contributed by atoms with E-state index in [0.717, 1.165) is 23.5 Å². The van der Waals surface area contributed by atoms with Crippen molar-refractivity contribution < 1.29 is 27.3 Å². The van der Waals surface area contributed by atoms with Crippen molar-refractivity contribution in [3.05, 3.63) is 52.9 Å². The Hall–Kier alpha value is -3.05. The maximum atomic E-state index is 12.9. The molecule has 0 unspecified atom stereocenters. The number of nitrogens with one attached hydrogen (secondary N) is 1. The Morgan fingerprint density at radius 3 is 2.46 bits per heavy atom. The van der Waals surface area contributed by atoms with Crippen molar-refractivity contribution in [2.75, 3.05) is 25.4 Å². The molecule has 1 aliphatic carbocycles. The highest BCUT2D eigenvalue weighted by Crippen LogP contribution is 2.40. The number of rotatable bonds is 8. The van der Waals surface area contributed by atoms with Crippen LogP contribution in [0, 0.1) is 5.92 Å². The normalized spacial score (nSPS) is 22.9. The summed E-state index contributed by atoms with van der Waals surface area (Å²) in [5, 5.41) is 6.83. The van der Waals surface area contributed by atoms with E-state index in [9.17, 15) is 22.8 Å².